The molecular weight excluding hydrogens is 152 g/mol. The topological polar surface area (TPSA) is 8.81 Å². The Morgan fingerprint density at radius 2 is 2.22 bits per heavy atom. The van der Waals surface area contributed by atoms with Gasteiger partial charge in [-0.25, -0.2) is 0 Å². The standard InChI is InChI=1S/C5H9N2S2/c1-8-6-3-4-7(5-6)9-2/h3-5H,1-2H3/q+1. The van der Waals surface area contributed by atoms with E-state index in [0.717, 1.165) is 0 Å². The average Bonchev–Trinajstić information content (AvgIpc) is 2.34. The van der Waals surface area contributed by atoms with Gasteiger partial charge in [0.15, 0.2) is 0 Å². The SMILES string of the molecule is CSn1cc[n+](SC)c1. The zero-order valence-electron chi connectivity index (χ0n) is 5.44. The van der Waals surface area contributed by atoms with Crippen LogP contribution in [0.2, 0.25) is 0 Å². The molecule has 1 aromatic heterocycles. The fourth-order valence-corrected chi connectivity index (χ4v) is 1.34. The van der Waals surface area contributed by atoms with E-state index in [-0.39, 0.29) is 0 Å². The van der Waals surface area contributed by atoms with Crippen molar-refractivity contribution in [1.82, 2.24) is 3.97 Å². The second-order valence-corrected chi connectivity index (χ2v) is 3.07. The van der Waals surface area contributed by atoms with Crippen LogP contribution in [-0.2, 0) is 0 Å². The summed E-state index contributed by atoms with van der Waals surface area (Å²) in [5.41, 5.74) is 0. The maximum atomic E-state index is 2.05. The van der Waals surface area contributed by atoms with Gasteiger partial charge in [-0.1, -0.05) is 0 Å². The van der Waals surface area contributed by atoms with Crippen molar-refractivity contribution in [3.05, 3.63) is 18.7 Å². The van der Waals surface area contributed by atoms with Crippen molar-refractivity contribution < 1.29 is 3.97 Å². The third kappa shape index (κ3) is 1.66. The molecule has 0 aliphatic heterocycles. The van der Waals surface area contributed by atoms with Crippen LogP contribution in [0.3, 0.4) is 0 Å². The van der Waals surface area contributed by atoms with Crippen LogP contribution in [0.15, 0.2) is 18.7 Å². The van der Waals surface area contributed by atoms with E-state index < -0.39 is 0 Å². The Hall–Kier alpha value is -0.0900. The zero-order chi connectivity index (χ0) is 6.69. The lowest BCUT2D eigenvalue weighted by Crippen LogP contribution is -2.19. The number of hydrogen-bond acceptors (Lipinski definition) is 2. The van der Waals surface area contributed by atoms with Crippen molar-refractivity contribution in [1.29, 1.82) is 0 Å². The van der Waals surface area contributed by atoms with E-state index in [1.165, 1.54) is 0 Å². The van der Waals surface area contributed by atoms with E-state index >= 15 is 0 Å². The summed E-state index contributed by atoms with van der Waals surface area (Å²) in [6, 6.07) is 0. The van der Waals surface area contributed by atoms with E-state index in [2.05, 4.69) is 7.94 Å². The van der Waals surface area contributed by atoms with Gasteiger partial charge in [0, 0.05) is 12.5 Å². The Balaban J connectivity index is 2.74. The minimum absolute atomic E-state index is 1.69. The van der Waals surface area contributed by atoms with Crippen molar-refractivity contribution in [2.24, 2.45) is 0 Å². The van der Waals surface area contributed by atoms with E-state index in [1.54, 1.807) is 23.9 Å². The molecule has 1 aromatic rings. The second-order valence-electron chi connectivity index (χ2n) is 1.50. The molecule has 0 fully saturated rings. The molecule has 0 spiro atoms. The Kier molecular flexibility index (Phi) is 2.48. The summed E-state index contributed by atoms with van der Waals surface area (Å²) >= 11 is 3.37. The molecule has 9 heavy (non-hydrogen) atoms. The summed E-state index contributed by atoms with van der Waals surface area (Å²) in [5, 5.41) is 0. The van der Waals surface area contributed by atoms with Crippen molar-refractivity contribution >= 4 is 23.9 Å². The minimum atomic E-state index is 1.69. The molecule has 0 atom stereocenters. The summed E-state index contributed by atoms with van der Waals surface area (Å²) in [4.78, 5) is 0. The molecule has 4 heteroatoms. The van der Waals surface area contributed by atoms with Crippen molar-refractivity contribution in [2.75, 3.05) is 12.5 Å². The number of aromatic nitrogens is 2. The summed E-state index contributed by atoms with van der Waals surface area (Å²) in [5.74, 6) is 0. The van der Waals surface area contributed by atoms with Crippen LogP contribution >= 0.6 is 23.9 Å². The Labute approximate surface area is 63.5 Å². The van der Waals surface area contributed by atoms with Gasteiger partial charge in [-0.05, 0) is 0 Å². The third-order valence-electron chi connectivity index (χ3n) is 1.01. The number of hydrogen-bond donors (Lipinski definition) is 0. The fraction of sp³-hybridized carbons (Fsp3) is 0.400. The van der Waals surface area contributed by atoms with Gasteiger partial charge in [0.1, 0.15) is 12.4 Å². The van der Waals surface area contributed by atoms with Crippen LogP contribution in [0.4, 0.5) is 0 Å². The first kappa shape index (κ1) is 7.02. The maximum absolute atomic E-state index is 2.05. The Morgan fingerprint density at radius 1 is 1.44 bits per heavy atom. The van der Waals surface area contributed by atoms with E-state index in [4.69, 9.17) is 0 Å². The van der Waals surface area contributed by atoms with Crippen LogP contribution in [0.5, 0.6) is 0 Å². The van der Waals surface area contributed by atoms with Crippen molar-refractivity contribution in [2.45, 2.75) is 0 Å². The molecule has 0 unspecified atom stereocenters. The van der Waals surface area contributed by atoms with Gasteiger partial charge in [0.2, 0.25) is 0 Å². The molecular formula is C5H9N2S2+. The lowest BCUT2D eigenvalue weighted by atomic mass is 11.0. The van der Waals surface area contributed by atoms with Gasteiger partial charge in [0.25, 0.3) is 6.33 Å². The average molecular weight is 161 g/mol. The van der Waals surface area contributed by atoms with Crippen LogP contribution < -0.4 is 3.97 Å². The molecule has 0 N–H and O–H groups in total. The smallest absolute Gasteiger partial charge is 0.171 e. The summed E-state index contributed by atoms with van der Waals surface area (Å²) in [7, 11) is 0. The highest BCUT2D eigenvalue weighted by atomic mass is 32.2. The Bertz CT molecular complexity index is 166. The molecule has 0 saturated heterocycles. The maximum Gasteiger partial charge on any atom is 0.267 e. The van der Waals surface area contributed by atoms with Crippen LogP contribution in [-0.4, -0.2) is 16.5 Å². The molecule has 2 nitrogen and oxygen atoms in total. The predicted molar refractivity (Wildman–Crippen MR) is 42.5 cm³/mol. The van der Waals surface area contributed by atoms with Crippen LogP contribution in [0.25, 0.3) is 0 Å². The predicted octanol–water partition coefficient (Wildman–Crippen LogP) is 1.03. The largest absolute Gasteiger partial charge is 0.267 e. The van der Waals surface area contributed by atoms with E-state index in [1.807, 2.05) is 31.2 Å². The third-order valence-corrected chi connectivity index (χ3v) is 2.29. The molecule has 50 valence electrons. The molecule has 0 aliphatic carbocycles. The molecule has 1 rings (SSSR count). The van der Waals surface area contributed by atoms with E-state index in [0.29, 0.717) is 0 Å². The summed E-state index contributed by atoms with van der Waals surface area (Å²) in [6.45, 7) is 0. The normalized spacial score (nSPS) is 10.0. The highest BCUT2D eigenvalue weighted by Gasteiger charge is 1.98. The molecule has 0 radical (unpaired) electrons. The lowest BCUT2D eigenvalue weighted by Gasteiger charge is -1.81. The molecule has 0 saturated carbocycles. The second kappa shape index (κ2) is 3.17. The van der Waals surface area contributed by atoms with E-state index in [9.17, 15) is 0 Å². The molecule has 0 aliphatic rings. The highest BCUT2D eigenvalue weighted by Crippen LogP contribution is 1.97. The summed E-state index contributed by atoms with van der Waals surface area (Å²) < 4.78 is 4.10. The minimum Gasteiger partial charge on any atom is -0.171 e. The molecule has 0 amide bonds. The molecule has 0 bridgehead atoms. The van der Waals surface area contributed by atoms with Gasteiger partial charge in [-0.3, -0.25) is 0 Å². The quantitative estimate of drug-likeness (QED) is 0.599. The van der Waals surface area contributed by atoms with Crippen molar-refractivity contribution in [3.8, 4) is 0 Å². The Morgan fingerprint density at radius 3 is 2.56 bits per heavy atom. The van der Waals surface area contributed by atoms with Gasteiger partial charge < -0.3 is 0 Å². The van der Waals surface area contributed by atoms with Gasteiger partial charge in [-0.2, -0.15) is 7.94 Å². The lowest BCUT2D eigenvalue weighted by molar-refractivity contribution is -0.492. The van der Waals surface area contributed by atoms with Crippen LogP contribution in [0, 0.1) is 0 Å². The van der Waals surface area contributed by atoms with Gasteiger partial charge in [0.05, 0.1) is 23.9 Å². The zero-order valence-corrected chi connectivity index (χ0v) is 7.08. The van der Waals surface area contributed by atoms with Gasteiger partial charge >= 0.3 is 0 Å². The van der Waals surface area contributed by atoms with Crippen molar-refractivity contribution in [3.63, 3.8) is 0 Å². The number of imidazole rings is 1. The first-order chi connectivity index (χ1) is 4.36. The summed E-state index contributed by atoms with van der Waals surface area (Å²) in [6.07, 6.45) is 10.2. The monoisotopic (exact) mass is 161 g/mol. The highest BCUT2D eigenvalue weighted by molar-refractivity contribution is 7.97. The first-order valence-corrected chi connectivity index (χ1v) is 4.91. The fourth-order valence-electron chi connectivity index (χ4n) is 0.537. The molecule has 1 heterocycles. The number of nitrogens with zero attached hydrogens (tertiary/aromatic N) is 2. The molecule has 0 aromatic carbocycles. The van der Waals surface area contributed by atoms with Crippen LogP contribution in [0.1, 0.15) is 0 Å². The number of rotatable bonds is 2. The first-order valence-electron chi connectivity index (χ1n) is 2.55. The van der Waals surface area contributed by atoms with Gasteiger partial charge in [-0.15, -0.1) is 0 Å².